The molecule has 3 heteroatoms. The van der Waals surface area contributed by atoms with Gasteiger partial charge in [-0.2, -0.15) is 10.5 Å². The van der Waals surface area contributed by atoms with E-state index in [-0.39, 0.29) is 5.92 Å². The topological polar surface area (TPSA) is 63.4 Å². The molecular formula is C19H15N3. The maximum Gasteiger partial charge on any atom is 0.144 e. The van der Waals surface area contributed by atoms with Crippen LogP contribution in [0.3, 0.4) is 0 Å². The van der Waals surface area contributed by atoms with Gasteiger partial charge in [-0.3, -0.25) is 0 Å². The van der Waals surface area contributed by atoms with Crippen LogP contribution in [-0.4, -0.2) is 4.98 Å². The maximum atomic E-state index is 9.42. The van der Waals surface area contributed by atoms with Crippen LogP contribution in [0.5, 0.6) is 0 Å². The number of aromatic amines is 1. The largest absolute Gasteiger partial charge is 0.361 e. The zero-order valence-corrected chi connectivity index (χ0v) is 12.2. The third kappa shape index (κ3) is 2.34. The average Bonchev–Trinajstić information content (AvgIpc) is 2.96. The molecule has 0 radical (unpaired) electrons. The lowest BCUT2D eigenvalue weighted by Gasteiger charge is -2.18. The van der Waals surface area contributed by atoms with Crippen molar-refractivity contribution in [3.63, 3.8) is 0 Å². The van der Waals surface area contributed by atoms with Crippen molar-refractivity contribution in [3.8, 4) is 12.1 Å². The molecule has 0 amide bonds. The van der Waals surface area contributed by atoms with Crippen LogP contribution in [0.25, 0.3) is 10.9 Å². The minimum absolute atomic E-state index is 0.258. The molecule has 0 saturated heterocycles. The number of benzene rings is 2. The van der Waals surface area contributed by atoms with Gasteiger partial charge in [-0.1, -0.05) is 48.0 Å². The third-order valence-corrected chi connectivity index (χ3v) is 3.97. The van der Waals surface area contributed by atoms with Crippen LogP contribution in [0.4, 0.5) is 0 Å². The molecule has 0 bridgehead atoms. The van der Waals surface area contributed by atoms with Crippen LogP contribution in [0.2, 0.25) is 0 Å². The molecule has 3 nitrogen and oxygen atoms in total. The maximum absolute atomic E-state index is 9.42. The molecule has 22 heavy (non-hydrogen) atoms. The molecule has 3 aromatic rings. The van der Waals surface area contributed by atoms with Gasteiger partial charge in [0.2, 0.25) is 0 Å². The molecule has 3 rings (SSSR count). The Kier molecular flexibility index (Phi) is 3.64. The van der Waals surface area contributed by atoms with Crippen LogP contribution in [0.1, 0.15) is 22.6 Å². The lowest BCUT2D eigenvalue weighted by Crippen LogP contribution is -2.11. The van der Waals surface area contributed by atoms with E-state index in [0.29, 0.717) is 0 Å². The molecular weight excluding hydrogens is 270 g/mol. The summed E-state index contributed by atoms with van der Waals surface area (Å²) >= 11 is 0. The SMILES string of the molecule is Cc1cccc(C(c2c[nH]c3ccccc23)C(C#N)C#N)c1. The van der Waals surface area contributed by atoms with Gasteiger partial charge >= 0.3 is 0 Å². The van der Waals surface area contributed by atoms with Crippen LogP contribution < -0.4 is 0 Å². The summed E-state index contributed by atoms with van der Waals surface area (Å²) in [6, 6.07) is 20.3. The summed E-state index contributed by atoms with van der Waals surface area (Å²) in [5.74, 6) is -0.980. The van der Waals surface area contributed by atoms with Crippen LogP contribution in [0.15, 0.2) is 54.7 Å². The van der Waals surface area contributed by atoms with Gasteiger partial charge in [-0.25, -0.2) is 0 Å². The summed E-state index contributed by atoms with van der Waals surface area (Å²) in [5.41, 5.74) is 4.13. The first-order chi connectivity index (χ1) is 10.7. The summed E-state index contributed by atoms with van der Waals surface area (Å²) in [4.78, 5) is 3.24. The standard InChI is InChI=1S/C19H15N3/c1-13-5-4-6-14(9-13)19(15(10-20)11-21)17-12-22-18-8-3-2-7-16(17)18/h2-9,12,15,19,22H,1H3. The molecule has 0 aliphatic heterocycles. The number of H-pyrrole nitrogens is 1. The van der Waals surface area contributed by atoms with E-state index >= 15 is 0 Å². The highest BCUT2D eigenvalue weighted by Gasteiger charge is 2.27. The van der Waals surface area contributed by atoms with E-state index < -0.39 is 5.92 Å². The molecule has 0 saturated carbocycles. The smallest absolute Gasteiger partial charge is 0.144 e. The summed E-state index contributed by atoms with van der Waals surface area (Å²) < 4.78 is 0. The zero-order valence-electron chi connectivity index (χ0n) is 12.2. The van der Waals surface area contributed by atoms with E-state index in [0.717, 1.165) is 27.6 Å². The van der Waals surface area contributed by atoms with Crippen molar-refractivity contribution >= 4 is 10.9 Å². The Hall–Kier alpha value is -3.04. The zero-order chi connectivity index (χ0) is 15.5. The molecule has 1 N–H and O–H groups in total. The Morgan fingerprint density at radius 2 is 1.77 bits per heavy atom. The second kappa shape index (κ2) is 5.76. The Balaban J connectivity index is 2.22. The Bertz CT molecular complexity index is 879. The van der Waals surface area contributed by atoms with Gasteiger partial charge in [-0.15, -0.1) is 0 Å². The van der Waals surface area contributed by atoms with Crippen molar-refractivity contribution in [1.29, 1.82) is 10.5 Å². The number of nitriles is 2. The van der Waals surface area contributed by atoms with Crippen molar-refractivity contribution in [2.24, 2.45) is 5.92 Å². The quantitative estimate of drug-likeness (QED) is 0.781. The van der Waals surface area contributed by atoms with Crippen molar-refractivity contribution < 1.29 is 0 Å². The predicted octanol–water partition coefficient (Wildman–Crippen LogP) is 4.27. The van der Waals surface area contributed by atoms with Crippen molar-refractivity contribution in [3.05, 3.63) is 71.4 Å². The highest BCUT2D eigenvalue weighted by Crippen LogP contribution is 2.36. The van der Waals surface area contributed by atoms with Crippen molar-refractivity contribution in [2.45, 2.75) is 12.8 Å². The molecule has 0 spiro atoms. The molecule has 1 heterocycles. The molecule has 1 unspecified atom stereocenters. The van der Waals surface area contributed by atoms with Gasteiger partial charge in [0, 0.05) is 23.0 Å². The Morgan fingerprint density at radius 1 is 1.00 bits per heavy atom. The number of nitrogens with zero attached hydrogens (tertiary/aromatic N) is 2. The number of aryl methyl sites for hydroxylation is 1. The van der Waals surface area contributed by atoms with Gasteiger partial charge in [0.05, 0.1) is 12.1 Å². The molecule has 1 atom stereocenters. The van der Waals surface area contributed by atoms with Gasteiger partial charge in [-0.05, 0) is 24.1 Å². The molecule has 106 valence electrons. The van der Waals surface area contributed by atoms with Crippen LogP contribution >= 0.6 is 0 Å². The first-order valence-corrected chi connectivity index (χ1v) is 7.16. The highest BCUT2D eigenvalue weighted by molar-refractivity contribution is 5.84. The van der Waals surface area contributed by atoms with Crippen LogP contribution in [-0.2, 0) is 0 Å². The highest BCUT2D eigenvalue weighted by atomic mass is 14.7. The number of aromatic nitrogens is 1. The van der Waals surface area contributed by atoms with Crippen molar-refractivity contribution in [2.75, 3.05) is 0 Å². The summed E-state index contributed by atoms with van der Waals surface area (Å²) in [7, 11) is 0. The van der Waals surface area contributed by atoms with E-state index in [4.69, 9.17) is 0 Å². The van der Waals surface area contributed by atoms with E-state index in [1.165, 1.54) is 0 Å². The first-order valence-electron chi connectivity index (χ1n) is 7.16. The fraction of sp³-hybridized carbons (Fsp3) is 0.158. The average molecular weight is 285 g/mol. The Labute approximate surface area is 129 Å². The van der Waals surface area contributed by atoms with Gasteiger partial charge < -0.3 is 4.98 Å². The van der Waals surface area contributed by atoms with E-state index in [9.17, 15) is 10.5 Å². The Morgan fingerprint density at radius 3 is 2.50 bits per heavy atom. The predicted molar refractivity (Wildman–Crippen MR) is 86.0 cm³/mol. The normalized spacial score (nSPS) is 12.0. The third-order valence-electron chi connectivity index (χ3n) is 3.97. The number of nitrogens with one attached hydrogen (secondary N) is 1. The number of hydrogen-bond acceptors (Lipinski definition) is 2. The van der Waals surface area contributed by atoms with Crippen molar-refractivity contribution in [1.82, 2.24) is 4.98 Å². The lowest BCUT2D eigenvalue weighted by molar-refractivity contribution is 0.713. The second-order valence-corrected chi connectivity index (χ2v) is 5.42. The van der Waals surface area contributed by atoms with Gasteiger partial charge in [0.15, 0.2) is 0 Å². The number of para-hydroxylation sites is 1. The molecule has 1 aromatic heterocycles. The first kappa shape index (κ1) is 13.9. The summed E-state index contributed by atoms with van der Waals surface area (Å²) in [6.45, 7) is 2.02. The number of fused-ring (bicyclic) bond motifs is 1. The van der Waals surface area contributed by atoms with E-state index in [1.807, 2.05) is 61.7 Å². The number of hydrogen-bond donors (Lipinski definition) is 1. The van der Waals surface area contributed by atoms with Crippen LogP contribution in [0, 0.1) is 35.5 Å². The fourth-order valence-corrected chi connectivity index (χ4v) is 2.94. The fourth-order valence-electron chi connectivity index (χ4n) is 2.94. The minimum Gasteiger partial charge on any atom is -0.361 e. The van der Waals surface area contributed by atoms with Gasteiger partial charge in [0.1, 0.15) is 5.92 Å². The van der Waals surface area contributed by atoms with E-state index in [1.54, 1.807) is 0 Å². The van der Waals surface area contributed by atoms with E-state index in [2.05, 4.69) is 17.1 Å². The van der Waals surface area contributed by atoms with Gasteiger partial charge in [0.25, 0.3) is 0 Å². The molecule has 0 aliphatic carbocycles. The monoisotopic (exact) mass is 285 g/mol. The molecule has 0 aliphatic rings. The lowest BCUT2D eigenvalue weighted by atomic mass is 9.81. The number of rotatable bonds is 3. The summed E-state index contributed by atoms with van der Waals surface area (Å²) in [6.07, 6.45) is 1.92. The molecule has 0 fully saturated rings. The summed E-state index contributed by atoms with van der Waals surface area (Å²) in [5, 5.41) is 19.9. The minimum atomic E-state index is -0.721. The molecule has 2 aromatic carbocycles. The second-order valence-electron chi connectivity index (χ2n) is 5.42.